The first-order chi connectivity index (χ1) is 5.77. The molecule has 0 aromatic heterocycles. The van der Waals surface area contributed by atoms with E-state index in [4.69, 9.17) is 11.5 Å². The summed E-state index contributed by atoms with van der Waals surface area (Å²) in [7, 11) is 0. The number of benzene rings is 1. The number of hydrogen-bond donors (Lipinski definition) is 2. The first kappa shape index (κ1) is 7.47. The van der Waals surface area contributed by atoms with Gasteiger partial charge in [0, 0.05) is 0 Å². The lowest BCUT2D eigenvalue weighted by Crippen LogP contribution is -2.00. The number of nitrogens with two attached hydrogens (primary N) is 2. The predicted octanol–water partition coefficient (Wildman–Crippen LogP) is 1.80. The number of rotatable bonds is 2. The first-order valence-electron chi connectivity index (χ1n) is 4.40. The minimum atomic E-state index is 0.716. The molecule has 1 aromatic rings. The number of hydrogen-bond acceptors (Lipinski definition) is 2. The van der Waals surface area contributed by atoms with Crippen LogP contribution in [0.15, 0.2) is 18.2 Å². The van der Waals surface area contributed by atoms with Crippen LogP contribution in [0.25, 0.3) is 0 Å². The average Bonchev–Trinajstić information content (AvgIpc) is 2.83. The van der Waals surface area contributed by atoms with Crippen LogP contribution in [0.3, 0.4) is 0 Å². The molecule has 1 aromatic carbocycles. The second kappa shape index (κ2) is 2.70. The van der Waals surface area contributed by atoms with Gasteiger partial charge in [0.05, 0.1) is 11.4 Å². The third-order valence-electron chi connectivity index (χ3n) is 2.44. The van der Waals surface area contributed by atoms with Crippen molar-refractivity contribution in [2.24, 2.45) is 5.92 Å². The van der Waals surface area contributed by atoms with E-state index < -0.39 is 0 Å². The molecule has 0 bridgehead atoms. The third kappa shape index (κ3) is 1.37. The van der Waals surface area contributed by atoms with Crippen LogP contribution in [0.1, 0.15) is 18.4 Å². The van der Waals surface area contributed by atoms with Crippen molar-refractivity contribution in [1.82, 2.24) is 0 Å². The fraction of sp³-hybridized carbons (Fsp3) is 0.400. The largest absolute Gasteiger partial charge is 0.397 e. The molecule has 64 valence electrons. The van der Waals surface area contributed by atoms with Crippen LogP contribution in [0.2, 0.25) is 0 Å². The van der Waals surface area contributed by atoms with Gasteiger partial charge in [-0.15, -0.1) is 0 Å². The zero-order chi connectivity index (χ0) is 8.55. The maximum atomic E-state index is 5.83. The quantitative estimate of drug-likeness (QED) is 0.651. The average molecular weight is 162 g/mol. The zero-order valence-corrected chi connectivity index (χ0v) is 7.09. The molecule has 2 rings (SSSR count). The number of nitrogen functional groups attached to an aromatic ring is 2. The smallest absolute Gasteiger partial charge is 0.0580 e. The Morgan fingerprint density at radius 2 is 2.00 bits per heavy atom. The molecule has 0 heterocycles. The van der Waals surface area contributed by atoms with Gasteiger partial charge in [-0.3, -0.25) is 0 Å². The molecule has 0 saturated heterocycles. The minimum Gasteiger partial charge on any atom is -0.397 e. The standard InChI is InChI=1S/C10H14N2/c11-9-3-1-2-8(10(9)12)6-7-4-5-7/h1-3,7H,4-6,11-12H2. The van der Waals surface area contributed by atoms with E-state index in [0.29, 0.717) is 5.69 Å². The van der Waals surface area contributed by atoms with Crippen LogP contribution >= 0.6 is 0 Å². The van der Waals surface area contributed by atoms with E-state index in [9.17, 15) is 0 Å². The Morgan fingerprint density at radius 1 is 1.25 bits per heavy atom. The molecular weight excluding hydrogens is 148 g/mol. The molecule has 4 N–H and O–H groups in total. The number of anilines is 2. The molecule has 0 amide bonds. The van der Waals surface area contributed by atoms with Crippen LogP contribution < -0.4 is 11.5 Å². The molecule has 0 spiro atoms. The summed E-state index contributed by atoms with van der Waals surface area (Å²) >= 11 is 0. The lowest BCUT2D eigenvalue weighted by Gasteiger charge is -2.06. The van der Waals surface area contributed by atoms with Gasteiger partial charge in [-0.1, -0.05) is 12.1 Å². The molecule has 0 aliphatic heterocycles. The highest BCUT2D eigenvalue weighted by Gasteiger charge is 2.22. The molecule has 0 atom stereocenters. The minimum absolute atomic E-state index is 0.716. The van der Waals surface area contributed by atoms with Gasteiger partial charge in [-0.25, -0.2) is 0 Å². The molecule has 1 fully saturated rings. The summed E-state index contributed by atoms with van der Waals surface area (Å²) < 4.78 is 0. The second-order valence-corrected chi connectivity index (χ2v) is 3.57. The zero-order valence-electron chi connectivity index (χ0n) is 7.09. The van der Waals surface area contributed by atoms with Crippen molar-refractivity contribution in [3.8, 4) is 0 Å². The van der Waals surface area contributed by atoms with Crippen LogP contribution in [0, 0.1) is 5.92 Å². The van der Waals surface area contributed by atoms with E-state index in [0.717, 1.165) is 18.0 Å². The predicted molar refractivity (Wildman–Crippen MR) is 51.7 cm³/mol. The highest BCUT2D eigenvalue weighted by Crippen LogP contribution is 2.34. The molecule has 1 aliphatic rings. The van der Waals surface area contributed by atoms with E-state index in [-0.39, 0.29) is 0 Å². The number of para-hydroxylation sites is 1. The van der Waals surface area contributed by atoms with Crippen molar-refractivity contribution in [3.63, 3.8) is 0 Å². The third-order valence-corrected chi connectivity index (χ3v) is 2.44. The molecule has 1 aliphatic carbocycles. The van der Waals surface area contributed by atoms with Crippen LogP contribution in [-0.2, 0) is 6.42 Å². The fourth-order valence-electron chi connectivity index (χ4n) is 1.44. The Morgan fingerprint density at radius 3 is 2.67 bits per heavy atom. The van der Waals surface area contributed by atoms with Gasteiger partial charge < -0.3 is 11.5 Å². The Balaban J connectivity index is 2.23. The van der Waals surface area contributed by atoms with Crippen LogP contribution in [-0.4, -0.2) is 0 Å². The van der Waals surface area contributed by atoms with Crippen molar-refractivity contribution in [3.05, 3.63) is 23.8 Å². The normalized spacial score (nSPS) is 16.3. The van der Waals surface area contributed by atoms with Crippen LogP contribution in [0.5, 0.6) is 0 Å². The summed E-state index contributed by atoms with van der Waals surface area (Å²) in [5, 5.41) is 0. The first-order valence-corrected chi connectivity index (χ1v) is 4.40. The van der Waals surface area contributed by atoms with E-state index >= 15 is 0 Å². The Kier molecular flexibility index (Phi) is 1.68. The van der Waals surface area contributed by atoms with E-state index in [2.05, 4.69) is 6.07 Å². The van der Waals surface area contributed by atoms with Crippen molar-refractivity contribution < 1.29 is 0 Å². The lowest BCUT2D eigenvalue weighted by atomic mass is 10.1. The van der Waals surface area contributed by atoms with Gasteiger partial charge >= 0.3 is 0 Å². The van der Waals surface area contributed by atoms with Crippen molar-refractivity contribution >= 4 is 11.4 Å². The molecule has 0 unspecified atom stereocenters. The van der Waals surface area contributed by atoms with Gasteiger partial charge in [0.1, 0.15) is 0 Å². The topological polar surface area (TPSA) is 52.0 Å². The summed E-state index contributed by atoms with van der Waals surface area (Å²) in [4.78, 5) is 0. The summed E-state index contributed by atoms with van der Waals surface area (Å²) in [6, 6.07) is 5.90. The van der Waals surface area contributed by atoms with Gasteiger partial charge in [0.25, 0.3) is 0 Å². The summed E-state index contributed by atoms with van der Waals surface area (Å²) in [5.41, 5.74) is 14.2. The monoisotopic (exact) mass is 162 g/mol. The Hall–Kier alpha value is -1.18. The summed E-state index contributed by atoms with van der Waals surface area (Å²) in [6.45, 7) is 0. The van der Waals surface area contributed by atoms with E-state index in [1.807, 2.05) is 12.1 Å². The van der Waals surface area contributed by atoms with Crippen molar-refractivity contribution in [2.75, 3.05) is 11.5 Å². The molecule has 2 nitrogen and oxygen atoms in total. The Labute approximate surface area is 72.6 Å². The highest BCUT2D eigenvalue weighted by atomic mass is 14.7. The van der Waals surface area contributed by atoms with E-state index in [1.165, 1.54) is 18.4 Å². The van der Waals surface area contributed by atoms with Crippen molar-refractivity contribution in [2.45, 2.75) is 19.3 Å². The fourth-order valence-corrected chi connectivity index (χ4v) is 1.44. The molecule has 1 saturated carbocycles. The summed E-state index contributed by atoms with van der Waals surface area (Å²) in [6.07, 6.45) is 3.82. The SMILES string of the molecule is Nc1cccc(CC2CC2)c1N. The van der Waals surface area contributed by atoms with Crippen molar-refractivity contribution in [1.29, 1.82) is 0 Å². The van der Waals surface area contributed by atoms with E-state index in [1.54, 1.807) is 0 Å². The van der Waals surface area contributed by atoms with Gasteiger partial charge in [-0.2, -0.15) is 0 Å². The van der Waals surface area contributed by atoms with Gasteiger partial charge in [-0.05, 0) is 36.8 Å². The van der Waals surface area contributed by atoms with Gasteiger partial charge in [0.2, 0.25) is 0 Å². The lowest BCUT2D eigenvalue weighted by molar-refractivity contribution is 0.835. The maximum Gasteiger partial charge on any atom is 0.0580 e. The second-order valence-electron chi connectivity index (χ2n) is 3.57. The Bertz CT molecular complexity index is 290. The molecule has 0 radical (unpaired) electrons. The molecule has 12 heavy (non-hydrogen) atoms. The van der Waals surface area contributed by atoms with Crippen LogP contribution in [0.4, 0.5) is 11.4 Å². The molecular formula is C10H14N2. The summed E-state index contributed by atoms with van der Waals surface area (Å²) in [5.74, 6) is 0.870. The van der Waals surface area contributed by atoms with Gasteiger partial charge in [0.15, 0.2) is 0 Å². The highest BCUT2D eigenvalue weighted by molar-refractivity contribution is 5.67. The molecule has 2 heteroatoms. The maximum absolute atomic E-state index is 5.83.